The van der Waals surface area contributed by atoms with Gasteiger partial charge >= 0.3 is 0 Å². The van der Waals surface area contributed by atoms with Crippen molar-refractivity contribution in [2.75, 3.05) is 0 Å². The Morgan fingerprint density at radius 2 is 1.96 bits per heavy atom. The van der Waals surface area contributed by atoms with Gasteiger partial charge in [0, 0.05) is 35.7 Å². The number of benzene rings is 2. The SMILES string of the molecule is C/C(=C1/c2ccncc2COc2ccccc21)c1cccc([N+](=O)[O-])c1. The Morgan fingerprint density at radius 3 is 2.81 bits per heavy atom. The van der Waals surface area contributed by atoms with Gasteiger partial charge in [-0.25, -0.2) is 0 Å². The number of rotatable bonds is 2. The molecule has 0 radical (unpaired) electrons. The lowest BCUT2D eigenvalue weighted by molar-refractivity contribution is -0.384. The monoisotopic (exact) mass is 344 g/mol. The van der Waals surface area contributed by atoms with E-state index in [4.69, 9.17) is 4.74 Å². The predicted molar refractivity (Wildman–Crippen MR) is 99.7 cm³/mol. The van der Waals surface area contributed by atoms with Gasteiger partial charge in [0.1, 0.15) is 12.4 Å². The van der Waals surface area contributed by atoms with Crippen LogP contribution in [-0.2, 0) is 6.61 Å². The van der Waals surface area contributed by atoms with Gasteiger partial charge in [-0.2, -0.15) is 0 Å². The van der Waals surface area contributed by atoms with Crippen LogP contribution in [0.4, 0.5) is 5.69 Å². The van der Waals surface area contributed by atoms with Crippen LogP contribution in [-0.4, -0.2) is 9.91 Å². The van der Waals surface area contributed by atoms with Crippen LogP contribution >= 0.6 is 0 Å². The Bertz CT molecular complexity index is 991. The van der Waals surface area contributed by atoms with E-state index < -0.39 is 0 Å². The third kappa shape index (κ3) is 2.73. The fraction of sp³-hybridized carbons (Fsp3) is 0.0952. The van der Waals surface area contributed by atoms with E-state index in [0.717, 1.165) is 39.1 Å². The van der Waals surface area contributed by atoms with Gasteiger partial charge in [-0.1, -0.05) is 30.3 Å². The van der Waals surface area contributed by atoms with Crippen LogP contribution in [0.2, 0.25) is 0 Å². The van der Waals surface area contributed by atoms with E-state index in [1.807, 2.05) is 49.5 Å². The predicted octanol–water partition coefficient (Wildman–Crippen LogP) is 4.86. The first kappa shape index (κ1) is 16.0. The van der Waals surface area contributed by atoms with Gasteiger partial charge in [-0.3, -0.25) is 15.1 Å². The Morgan fingerprint density at radius 1 is 1.12 bits per heavy atom. The normalized spacial score (nSPS) is 14.5. The van der Waals surface area contributed by atoms with Crippen molar-refractivity contribution in [2.45, 2.75) is 13.5 Å². The average Bonchev–Trinajstić information content (AvgIpc) is 2.84. The maximum Gasteiger partial charge on any atom is 0.270 e. The van der Waals surface area contributed by atoms with Gasteiger partial charge in [0.2, 0.25) is 0 Å². The zero-order valence-corrected chi connectivity index (χ0v) is 14.2. The standard InChI is InChI=1S/C21H16N2O3/c1-14(15-5-4-6-17(11-15)23(24)25)21-18-9-10-22-12-16(18)13-26-20-8-3-2-7-19(20)21/h2-12H,13H2,1H3/b21-14+. The number of hydrogen-bond acceptors (Lipinski definition) is 4. The number of para-hydroxylation sites is 1. The summed E-state index contributed by atoms with van der Waals surface area (Å²) in [7, 11) is 0. The minimum absolute atomic E-state index is 0.0792. The lowest BCUT2D eigenvalue weighted by Gasteiger charge is -2.14. The zero-order valence-electron chi connectivity index (χ0n) is 14.2. The Labute approximate surface area is 150 Å². The Kier molecular flexibility index (Phi) is 3.97. The van der Waals surface area contributed by atoms with Crippen LogP contribution in [0.5, 0.6) is 5.75 Å². The maximum absolute atomic E-state index is 11.2. The van der Waals surface area contributed by atoms with E-state index in [2.05, 4.69) is 4.98 Å². The molecule has 2 heterocycles. The van der Waals surface area contributed by atoms with Gasteiger partial charge in [0.05, 0.1) is 4.92 Å². The first-order valence-electron chi connectivity index (χ1n) is 8.26. The van der Waals surface area contributed by atoms with Crippen molar-refractivity contribution in [3.63, 3.8) is 0 Å². The van der Waals surface area contributed by atoms with E-state index in [0.29, 0.717) is 6.61 Å². The minimum atomic E-state index is -0.372. The molecule has 1 aliphatic rings. The molecule has 3 aromatic rings. The highest BCUT2D eigenvalue weighted by atomic mass is 16.6. The van der Waals surface area contributed by atoms with Crippen LogP contribution < -0.4 is 4.74 Å². The number of nitro groups is 1. The third-order valence-electron chi connectivity index (χ3n) is 4.58. The van der Waals surface area contributed by atoms with Crippen molar-refractivity contribution in [3.05, 3.63) is 99.4 Å². The summed E-state index contributed by atoms with van der Waals surface area (Å²) in [5.74, 6) is 0.795. The molecule has 0 N–H and O–H groups in total. The zero-order chi connectivity index (χ0) is 18.1. The van der Waals surface area contributed by atoms with Crippen LogP contribution in [0.25, 0.3) is 11.1 Å². The molecule has 0 bridgehead atoms. The third-order valence-corrected chi connectivity index (χ3v) is 4.58. The molecule has 26 heavy (non-hydrogen) atoms. The first-order valence-corrected chi connectivity index (χ1v) is 8.26. The number of fused-ring (bicyclic) bond motifs is 2. The molecule has 0 unspecified atom stereocenters. The van der Waals surface area contributed by atoms with Gasteiger partial charge in [-0.05, 0) is 41.3 Å². The molecule has 0 saturated carbocycles. The molecule has 0 atom stereocenters. The molecule has 0 amide bonds. The topological polar surface area (TPSA) is 65.3 Å². The number of ether oxygens (including phenoxy) is 1. The highest BCUT2D eigenvalue weighted by Crippen LogP contribution is 2.40. The number of nitrogens with zero attached hydrogens (tertiary/aromatic N) is 2. The number of hydrogen-bond donors (Lipinski definition) is 0. The Hall–Kier alpha value is -3.47. The summed E-state index contributed by atoms with van der Waals surface area (Å²) in [5.41, 5.74) is 5.86. The van der Waals surface area contributed by atoms with Gasteiger partial charge in [-0.15, -0.1) is 0 Å². The summed E-state index contributed by atoms with van der Waals surface area (Å²) < 4.78 is 5.97. The van der Waals surface area contributed by atoms with Crippen molar-refractivity contribution in [1.29, 1.82) is 0 Å². The van der Waals surface area contributed by atoms with Gasteiger partial charge in [0.25, 0.3) is 5.69 Å². The van der Waals surface area contributed by atoms with E-state index in [9.17, 15) is 10.1 Å². The van der Waals surface area contributed by atoms with Gasteiger partial charge < -0.3 is 4.74 Å². The van der Waals surface area contributed by atoms with E-state index in [-0.39, 0.29) is 10.6 Å². The molecule has 5 heteroatoms. The van der Waals surface area contributed by atoms with Gasteiger partial charge in [0.15, 0.2) is 0 Å². The molecule has 0 aliphatic carbocycles. The van der Waals surface area contributed by atoms with Crippen LogP contribution in [0.15, 0.2) is 67.0 Å². The Balaban J connectivity index is 2.01. The summed E-state index contributed by atoms with van der Waals surface area (Å²) in [4.78, 5) is 15.0. The van der Waals surface area contributed by atoms with Crippen LogP contribution in [0.3, 0.4) is 0 Å². The summed E-state index contributed by atoms with van der Waals surface area (Å²) >= 11 is 0. The second kappa shape index (κ2) is 6.44. The van der Waals surface area contributed by atoms with Crippen molar-refractivity contribution in [1.82, 2.24) is 4.98 Å². The summed E-state index contributed by atoms with van der Waals surface area (Å²) in [6.45, 7) is 2.42. The molecule has 0 fully saturated rings. The number of non-ortho nitro benzene ring substituents is 1. The summed E-state index contributed by atoms with van der Waals surface area (Å²) in [5, 5.41) is 11.2. The van der Waals surface area contributed by atoms with E-state index >= 15 is 0 Å². The summed E-state index contributed by atoms with van der Waals surface area (Å²) in [6.07, 6.45) is 3.56. The smallest absolute Gasteiger partial charge is 0.270 e. The first-order chi connectivity index (χ1) is 12.6. The minimum Gasteiger partial charge on any atom is -0.488 e. The number of pyridine rings is 1. The van der Waals surface area contributed by atoms with Crippen molar-refractivity contribution in [2.24, 2.45) is 0 Å². The van der Waals surface area contributed by atoms with E-state index in [1.54, 1.807) is 18.3 Å². The number of nitro benzene ring substituents is 1. The average molecular weight is 344 g/mol. The van der Waals surface area contributed by atoms with Crippen LogP contribution in [0.1, 0.15) is 29.2 Å². The summed E-state index contributed by atoms with van der Waals surface area (Å²) in [6, 6.07) is 16.5. The molecule has 2 aromatic carbocycles. The second-order valence-electron chi connectivity index (χ2n) is 6.13. The molecule has 4 rings (SSSR count). The number of aromatic nitrogens is 1. The maximum atomic E-state index is 11.2. The molecular formula is C21H16N2O3. The van der Waals surface area contributed by atoms with Crippen LogP contribution in [0, 0.1) is 10.1 Å². The highest BCUT2D eigenvalue weighted by Gasteiger charge is 2.22. The fourth-order valence-corrected chi connectivity index (χ4v) is 3.29. The number of allylic oxidation sites excluding steroid dienone is 1. The fourth-order valence-electron chi connectivity index (χ4n) is 3.29. The van der Waals surface area contributed by atoms with E-state index in [1.165, 1.54) is 6.07 Å². The van der Waals surface area contributed by atoms with Crippen molar-refractivity contribution >= 4 is 16.8 Å². The molecule has 5 nitrogen and oxygen atoms in total. The second-order valence-corrected chi connectivity index (χ2v) is 6.13. The lowest BCUT2D eigenvalue weighted by Crippen LogP contribution is -1.97. The molecule has 128 valence electrons. The lowest BCUT2D eigenvalue weighted by atomic mass is 9.89. The molecular weight excluding hydrogens is 328 g/mol. The molecule has 0 spiro atoms. The largest absolute Gasteiger partial charge is 0.488 e. The molecule has 0 saturated heterocycles. The van der Waals surface area contributed by atoms with Crippen molar-refractivity contribution in [3.8, 4) is 5.75 Å². The highest BCUT2D eigenvalue weighted by molar-refractivity contribution is 6.00. The van der Waals surface area contributed by atoms with Crippen molar-refractivity contribution < 1.29 is 9.66 Å². The molecule has 1 aromatic heterocycles. The quantitative estimate of drug-likeness (QED) is 0.492. The molecule has 1 aliphatic heterocycles.